The summed E-state index contributed by atoms with van der Waals surface area (Å²) in [5.74, 6) is 0. The Bertz CT molecular complexity index is 1410. The van der Waals surface area contributed by atoms with Crippen LogP contribution in [0.25, 0.3) is 11.1 Å². The van der Waals surface area contributed by atoms with Crippen LogP contribution >= 0.6 is 9.24 Å². The molecular weight excluding hydrogens is 375 g/mol. The Morgan fingerprint density at radius 1 is 0.692 bits per heavy atom. The van der Waals surface area contributed by atoms with Gasteiger partial charge in [0.2, 0.25) is 0 Å². The molecule has 2 aromatic rings. The largest absolute Gasteiger partial charge is 0.0622 e. The standard InChI is InChI=1S/C12H10.C7H10P.C5H5.Fe/c1-3-7-11(8-4-1)12-9-5-2-6-10-12;1-5-3-4-7(8)6(5)2;1-2-4-5-3-1;/h1-10H;3-4H,8H2,1-2H3;1-5H;. The van der Waals surface area contributed by atoms with E-state index in [9.17, 15) is 0 Å². The summed E-state index contributed by atoms with van der Waals surface area (Å²) in [5, 5.41) is 0. The summed E-state index contributed by atoms with van der Waals surface area (Å²) in [6, 6.07) is 20.8. The van der Waals surface area contributed by atoms with E-state index in [0.717, 1.165) is 12.7 Å². The predicted octanol–water partition coefficient (Wildman–Crippen LogP) is 7.29. The van der Waals surface area contributed by atoms with Crippen molar-refractivity contribution in [3.8, 4) is 11.1 Å². The van der Waals surface area contributed by atoms with E-state index >= 15 is 0 Å². The van der Waals surface area contributed by atoms with E-state index in [1.807, 2.05) is 12.1 Å². The fourth-order valence-electron chi connectivity index (χ4n) is 20.4. The minimum absolute atomic E-state index is 1.01. The van der Waals surface area contributed by atoms with E-state index < -0.39 is 6.51 Å². The van der Waals surface area contributed by atoms with Gasteiger partial charge in [-0.3, -0.25) is 0 Å². The third-order valence-electron chi connectivity index (χ3n) is 18.7. The zero-order valence-electron chi connectivity index (χ0n) is 15.2. The van der Waals surface area contributed by atoms with Crippen molar-refractivity contribution < 1.29 is 6.51 Å². The third-order valence-corrected chi connectivity index (χ3v) is 70.4. The summed E-state index contributed by atoms with van der Waals surface area (Å²) in [7, 11) is 3.54. The second-order valence-electron chi connectivity index (χ2n) is 13.3. The Kier molecular flexibility index (Phi) is 0.626. The summed E-state index contributed by atoms with van der Waals surface area (Å²) in [6.07, 6.45) is 0. The predicted molar refractivity (Wildman–Crippen MR) is 107 cm³/mol. The van der Waals surface area contributed by atoms with Crippen LogP contribution < -0.4 is 0 Å². The van der Waals surface area contributed by atoms with Gasteiger partial charge in [0.25, 0.3) is 0 Å². The molecule has 6 atom stereocenters. The Hall–Kier alpha value is -0.611. The Morgan fingerprint density at radius 2 is 1.12 bits per heavy atom. The quantitative estimate of drug-likeness (QED) is 0.348. The van der Waals surface area contributed by atoms with E-state index in [2.05, 4.69) is 71.6 Å². The first-order valence-electron chi connectivity index (χ1n) is 10.4. The maximum atomic E-state index is 3.54. The van der Waals surface area contributed by atoms with Crippen LogP contribution in [0.15, 0.2) is 60.7 Å². The molecule has 10 aliphatic rings. The molecule has 26 heavy (non-hydrogen) atoms. The molecule has 6 unspecified atom stereocenters. The first-order valence-corrected chi connectivity index (χ1v) is 17.1. The molecule has 0 saturated carbocycles. The van der Waals surface area contributed by atoms with E-state index in [1.165, 1.54) is 44.8 Å². The van der Waals surface area contributed by atoms with Gasteiger partial charge in [-0.1, -0.05) is 60.7 Å². The van der Waals surface area contributed by atoms with Crippen LogP contribution in [0.2, 0.25) is 42.3 Å². The molecule has 10 aliphatic heterocycles. The topological polar surface area (TPSA) is 0 Å². The molecule has 2 aromatic carbocycles. The van der Waals surface area contributed by atoms with Gasteiger partial charge in [-0.05, 0) is 11.1 Å². The van der Waals surface area contributed by atoms with Crippen LogP contribution in [0, 0.1) is 0 Å². The number of rotatable bonds is 1. The summed E-state index contributed by atoms with van der Waals surface area (Å²) >= 11 is 0. The SMILES string of the molecule is C[C]12[CH]3[CH]4[C]5(P)[C]1(C)[Fe]34251678[CH]2[CH]1[CH]6[CH]7[CH]28.c1ccc(-c2ccccc2)cc1. The van der Waals surface area contributed by atoms with Crippen molar-refractivity contribution in [3.63, 3.8) is 0 Å². The van der Waals surface area contributed by atoms with Gasteiger partial charge >= 0.3 is 76.0 Å². The molecule has 1 spiro atoms. The van der Waals surface area contributed by atoms with Crippen LogP contribution in [0.5, 0.6) is 0 Å². The third kappa shape index (κ3) is 0.173. The van der Waals surface area contributed by atoms with Crippen molar-refractivity contribution >= 4 is 9.24 Å². The van der Waals surface area contributed by atoms with Crippen LogP contribution in [-0.2, 0) is 6.51 Å². The molecule has 12 rings (SSSR count). The summed E-state index contributed by atoms with van der Waals surface area (Å²) in [6.45, 7) is 2.81. The maximum Gasteiger partial charge on any atom is -0.0184 e. The van der Waals surface area contributed by atoms with E-state index in [4.69, 9.17) is 0 Å². The molecule has 0 N–H and O–H groups in total. The second kappa shape index (κ2) is 1.35. The van der Waals surface area contributed by atoms with Crippen LogP contribution in [0.4, 0.5) is 0 Å². The van der Waals surface area contributed by atoms with E-state index in [-0.39, 0.29) is 0 Å². The Labute approximate surface area is 147 Å². The van der Waals surface area contributed by atoms with Gasteiger partial charge < -0.3 is 0 Å². The Balaban J connectivity index is 0.0000000854. The van der Waals surface area contributed by atoms with E-state index in [0.29, 0.717) is 0 Å². The molecule has 0 aromatic heterocycles. The van der Waals surface area contributed by atoms with Crippen molar-refractivity contribution in [2.75, 3.05) is 0 Å². The molecule has 134 valence electrons. The molecule has 10 saturated heterocycles. The minimum atomic E-state index is -2.82. The van der Waals surface area contributed by atoms with Gasteiger partial charge in [0, 0.05) is 0 Å². The van der Waals surface area contributed by atoms with Crippen LogP contribution in [0.1, 0.15) is 13.8 Å². The molecular formula is C24H25FeP. The molecule has 0 bridgehead atoms. The Morgan fingerprint density at radius 3 is 1.27 bits per heavy atom. The second-order valence-corrected chi connectivity index (χ2v) is 38.2. The fourth-order valence-corrected chi connectivity index (χ4v) is 110. The average Bonchev–Trinajstić information content (AvgIpc) is 3.66. The summed E-state index contributed by atoms with van der Waals surface area (Å²) in [5.41, 5.74) is 2.55. The minimum Gasteiger partial charge on any atom is -0.0622 e. The molecule has 2 heteroatoms. The van der Waals surface area contributed by atoms with Gasteiger partial charge in [0.05, 0.1) is 0 Å². The molecule has 0 radical (unpaired) electrons. The van der Waals surface area contributed by atoms with Crippen molar-refractivity contribution in [3.05, 3.63) is 60.7 Å². The normalized spacial score (nSPS) is 86.8. The molecule has 10 heterocycles. The van der Waals surface area contributed by atoms with Gasteiger partial charge in [-0.25, -0.2) is 0 Å². The first-order chi connectivity index (χ1) is 12.3. The van der Waals surface area contributed by atoms with Crippen LogP contribution in [0.3, 0.4) is 0 Å². The van der Waals surface area contributed by atoms with E-state index in [1.54, 1.807) is 0 Å². The number of hydrogen-bond donors (Lipinski definition) is 0. The molecule has 10 fully saturated rings. The monoisotopic (exact) mass is 400 g/mol. The van der Waals surface area contributed by atoms with Crippen molar-refractivity contribution in [2.24, 2.45) is 0 Å². The number of fused-ring (bicyclic) bond motifs is 10. The van der Waals surface area contributed by atoms with Crippen molar-refractivity contribution in [1.82, 2.24) is 0 Å². The number of benzene rings is 2. The summed E-state index contributed by atoms with van der Waals surface area (Å²) < 4.78 is 3.11. The van der Waals surface area contributed by atoms with Crippen LogP contribution in [-0.4, -0.2) is 4.05 Å². The average molecular weight is 400 g/mol. The zero-order chi connectivity index (χ0) is 17.1. The van der Waals surface area contributed by atoms with Gasteiger partial charge in [-0.15, -0.1) is 0 Å². The zero-order valence-corrected chi connectivity index (χ0v) is 17.5. The molecule has 0 nitrogen and oxygen atoms in total. The van der Waals surface area contributed by atoms with Crippen molar-refractivity contribution in [1.29, 1.82) is 0 Å². The smallest absolute Gasteiger partial charge is 0.0184 e. The van der Waals surface area contributed by atoms with Crippen molar-refractivity contribution in [2.45, 2.75) is 60.2 Å². The molecule has 0 amide bonds. The van der Waals surface area contributed by atoms with Gasteiger partial charge in [0.1, 0.15) is 0 Å². The summed E-state index contributed by atoms with van der Waals surface area (Å²) in [4.78, 5) is 10.3. The van der Waals surface area contributed by atoms with Gasteiger partial charge in [-0.2, -0.15) is 0 Å². The maximum absolute atomic E-state index is 3.54. The van der Waals surface area contributed by atoms with Gasteiger partial charge in [0.15, 0.2) is 0 Å². The first kappa shape index (κ1) is 12.1. The fraction of sp³-hybridized carbons (Fsp3) is 0.500. The number of hydrogen-bond acceptors (Lipinski definition) is 0. The molecule has 0 aliphatic carbocycles.